The first-order valence-corrected chi connectivity index (χ1v) is 10.8. The zero-order valence-electron chi connectivity index (χ0n) is 18.7. The van der Waals surface area contributed by atoms with Crippen LogP contribution in [0.4, 0.5) is 0 Å². The number of carbonyl (C=O) groups excluding carboxylic acids is 3. The number of ether oxygens (including phenoxy) is 1. The Morgan fingerprint density at radius 1 is 1.07 bits per heavy atom. The summed E-state index contributed by atoms with van der Waals surface area (Å²) in [6, 6.07) is 6.17. The molecule has 166 valence electrons. The molecule has 1 aromatic carbocycles. The lowest BCUT2D eigenvalue weighted by atomic mass is 9.88. The topological polar surface area (TPSA) is 87.7 Å². The molecule has 30 heavy (non-hydrogen) atoms. The number of rotatable bonds is 8. The minimum Gasteiger partial charge on any atom is -0.497 e. The van der Waals surface area contributed by atoms with Crippen LogP contribution in [-0.2, 0) is 9.59 Å². The van der Waals surface area contributed by atoms with E-state index in [2.05, 4.69) is 10.6 Å². The molecule has 0 unspecified atom stereocenters. The van der Waals surface area contributed by atoms with Gasteiger partial charge >= 0.3 is 0 Å². The fourth-order valence-corrected chi connectivity index (χ4v) is 3.55. The van der Waals surface area contributed by atoms with E-state index in [4.69, 9.17) is 4.74 Å². The molecule has 0 spiro atoms. The van der Waals surface area contributed by atoms with Gasteiger partial charge in [0.1, 0.15) is 11.8 Å². The second-order valence-electron chi connectivity index (χ2n) is 8.29. The molecule has 1 saturated heterocycles. The molecule has 1 aromatic rings. The Balaban J connectivity index is 2.13. The standard InChI is InChI=1S/C23H35N3O4/c1-6-20(27)26-13-11-17(12-14-26)21(23(29)24-16(4)15(2)3)25-22(28)18-7-9-19(30-5)10-8-18/h7-10,15-17,21H,6,11-14H2,1-5H3,(H,24,29)(H,25,28)/t16-,21-/m0/s1. The zero-order valence-corrected chi connectivity index (χ0v) is 18.7. The summed E-state index contributed by atoms with van der Waals surface area (Å²) in [5.74, 6) is 0.605. The van der Waals surface area contributed by atoms with Gasteiger partial charge in [0, 0.05) is 31.1 Å². The Hall–Kier alpha value is -2.57. The molecule has 1 fully saturated rings. The maximum absolute atomic E-state index is 13.1. The van der Waals surface area contributed by atoms with Gasteiger partial charge in [-0.2, -0.15) is 0 Å². The van der Waals surface area contributed by atoms with E-state index in [1.807, 2.05) is 32.6 Å². The SMILES string of the molecule is CCC(=O)N1CCC([C@H](NC(=O)c2ccc(OC)cc2)C(=O)N[C@@H](C)C(C)C)CC1. The fraction of sp³-hybridized carbons (Fsp3) is 0.609. The van der Waals surface area contributed by atoms with Gasteiger partial charge in [0.15, 0.2) is 0 Å². The number of hydrogen-bond donors (Lipinski definition) is 2. The summed E-state index contributed by atoms with van der Waals surface area (Å²) in [4.78, 5) is 39.7. The monoisotopic (exact) mass is 417 g/mol. The maximum Gasteiger partial charge on any atom is 0.251 e. The van der Waals surface area contributed by atoms with E-state index in [1.54, 1.807) is 31.4 Å². The highest BCUT2D eigenvalue weighted by molar-refractivity contribution is 5.97. The van der Waals surface area contributed by atoms with Crippen molar-refractivity contribution < 1.29 is 19.1 Å². The van der Waals surface area contributed by atoms with Gasteiger partial charge in [0.05, 0.1) is 7.11 Å². The molecule has 1 aliphatic heterocycles. The number of nitrogens with one attached hydrogen (secondary N) is 2. The van der Waals surface area contributed by atoms with Crippen molar-refractivity contribution in [3.63, 3.8) is 0 Å². The number of carbonyl (C=O) groups is 3. The van der Waals surface area contributed by atoms with E-state index in [0.29, 0.717) is 43.7 Å². The Morgan fingerprint density at radius 2 is 1.67 bits per heavy atom. The first kappa shape index (κ1) is 23.7. The van der Waals surface area contributed by atoms with Crippen LogP contribution in [-0.4, -0.2) is 54.9 Å². The van der Waals surface area contributed by atoms with Gasteiger partial charge in [0.2, 0.25) is 11.8 Å². The molecular formula is C23H35N3O4. The zero-order chi connectivity index (χ0) is 22.3. The summed E-state index contributed by atoms with van der Waals surface area (Å²) in [6.07, 6.45) is 1.85. The van der Waals surface area contributed by atoms with E-state index in [0.717, 1.165) is 0 Å². The molecule has 7 heteroatoms. The third-order valence-electron chi connectivity index (χ3n) is 5.96. The fourth-order valence-electron chi connectivity index (χ4n) is 3.55. The van der Waals surface area contributed by atoms with Crippen molar-refractivity contribution in [2.24, 2.45) is 11.8 Å². The van der Waals surface area contributed by atoms with E-state index in [9.17, 15) is 14.4 Å². The number of benzene rings is 1. The minimum absolute atomic E-state index is 0.000327. The Labute approximate surface area is 179 Å². The highest BCUT2D eigenvalue weighted by Gasteiger charge is 2.34. The van der Waals surface area contributed by atoms with Crippen molar-refractivity contribution in [2.45, 2.75) is 59.0 Å². The molecule has 2 atom stereocenters. The quantitative estimate of drug-likeness (QED) is 0.681. The van der Waals surface area contributed by atoms with Crippen LogP contribution in [0.25, 0.3) is 0 Å². The third-order valence-corrected chi connectivity index (χ3v) is 5.96. The molecule has 0 aromatic heterocycles. The molecule has 1 aliphatic rings. The van der Waals surface area contributed by atoms with Crippen molar-refractivity contribution >= 4 is 17.7 Å². The van der Waals surface area contributed by atoms with Crippen molar-refractivity contribution in [2.75, 3.05) is 20.2 Å². The van der Waals surface area contributed by atoms with E-state index >= 15 is 0 Å². The van der Waals surface area contributed by atoms with Gasteiger partial charge in [-0.05, 0) is 55.9 Å². The van der Waals surface area contributed by atoms with Crippen molar-refractivity contribution in [3.8, 4) is 5.75 Å². The molecule has 1 heterocycles. The summed E-state index contributed by atoms with van der Waals surface area (Å²) in [7, 11) is 1.57. The van der Waals surface area contributed by atoms with E-state index < -0.39 is 6.04 Å². The second kappa shape index (κ2) is 11.0. The summed E-state index contributed by atoms with van der Waals surface area (Å²) in [6.45, 7) is 9.13. The van der Waals surface area contributed by atoms with Gasteiger partial charge in [-0.15, -0.1) is 0 Å². The summed E-state index contributed by atoms with van der Waals surface area (Å²) < 4.78 is 5.14. The Morgan fingerprint density at radius 3 is 2.17 bits per heavy atom. The molecule has 0 bridgehead atoms. The summed E-state index contributed by atoms with van der Waals surface area (Å²) >= 11 is 0. The van der Waals surface area contributed by atoms with Gasteiger partial charge in [0.25, 0.3) is 5.91 Å². The normalized spacial score (nSPS) is 16.7. The smallest absolute Gasteiger partial charge is 0.251 e. The van der Waals surface area contributed by atoms with Crippen LogP contribution in [0, 0.1) is 11.8 Å². The van der Waals surface area contributed by atoms with Crippen LogP contribution in [0.1, 0.15) is 57.3 Å². The van der Waals surface area contributed by atoms with Gasteiger partial charge < -0.3 is 20.3 Å². The lowest BCUT2D eigenvalue weighted by Crippen LogP contribution is -2.55. The average Bonchev–Trinajstić information content (AvgIpc) is 2.76. The Bertz CT molecular complexity index is 724. The molecule has 0 aliphatic carbocycles. The molecule has 0 radical (unpaired) electrons. The average molecular weight is 418 g/mol. The van der Waals surface area contributed by atoms with Crippen molar-refractivity contribution in [1.29, 1.82) is 0 Å². The summed E-state index contributed by atoms with van der Waals surface area (Å²) in [5, 5.41) is 5.99. The highest BCUT2D eigenvalue weighted by atomic mass is 16.5. The number of hydrogen-bond acceptors (Lipinski definition) is 4. The first-order chi connectivity index (χ1) is 14.3. The molecule has 2 N–H and O–H groups in total. The van der Waals surface area contributed by atoms with Gasteiger partial charge in [-0.3, -0.25) is 14.4 Å². The van der Waals surface area contributed by atoms with Crippen LogP contribution >= 0.6 is 0 Å². The van der Waals surface area contributed by atoms with Crippen LogP contribution < -0.4 is 15.4 Å². The number of likely N-dealkylation sites (tertiary alicyclic amines) is 1. The molecule has 3 amide bonds. The number of methoxy groups -OCH3 is 1. The summed E-state index contributed by atoms with van der Waals surface area (Å²) in [5.41, 5.74) is 0.476. The van der Waals surface area contributed by atoms with Crippen LogP contribution in [0.2, 0.25) is 0 Å². The molecule has 7 nitrogen and oxygen atoms in total. The number of nitrogens with zero attached hydrogens (tertiary/aromatic N) is 1. The van der Waals surface area contributed by atoms with Crippen LogP contribution in [0.5, 0.6) is 5.75 Å². The molecular weight excluding hydrogens is 382 g/mol. The largest absolute Gasteiger partial charge is 0.497 e. The van der Waals surface area contributed by atoms with E-state index in [1.165, 1.54) is 0 Å². The van der Waals surface area contributed by atoms with Crippen molar-refractivity contribution in [3.05, 3.63) is 29.8 Å². The lowest BCUT2D eigenvalue weighted by Gasteiger charge is -2.36. The highest BCUT2D eigenvalue weighted by Crippen LogP contribution is 2.23. The number of amides is 3. The Kier molecular flexibility index (Phi) is 8.69. The third kappa shape index (κ3) is 6.21. The van der Waals surface area contributed by atoms with E-state index in [-0.39, 0.29) is 35.6 Å². The predicted molar refractivity (Wildman–Crippen MR) is 116 cm³/mol. The first-order valence-electron chi connectivity index (χ1n) is 10.8. The number of piperidine rings is 1. The second-order valence-corrected chi connectivity index (χ2v) is 8.29. The maximum atomic E-state index is 13.1. The predicted octanol–water partition coefficient (Wildman–Crippen LogP) is 2.60. The van der Waals surface area contributed by atoms with Crippen LogP contribution in [0.15, 0.2) is 24.3 Å². The molecule has 0 saturated carbocycles. The minimum atomic E-state index is -0.639. The van der Waals surface area contributed by atoms with Crippen molar-refractivity contribution in [1.82, 2.24) is 15.5 Å². The van der Waals surface area contributed by atoms with Crippen LogP contribution in [0.3, 0.4) is 0 Å². The van der Waals surface area contributed by atoms with Gasteiger partial charge in [-0.1, -0.05) is 20.8 Å². The van der Waals surface area contributed by atoms with Gasteiger partial charge in [-0.25, -0.2) is 0 Å². The molecule has 2 rings (SSSR count). The lowest BCUT2D eigenvalue weighted by molar-refractivity contribution is -0.132.